The number of amides is 1. The summed E-state index contributed by atoms with van der Waals surface area (Å²) in [5.41, 5.74) is 3.83. The highest BCUT2D eigenvalue weighted by Gasteiger charge is 2.18. The topological polar surface area (TPSA) is 77.3 Å². The molecule has 4 aromatic rings. The highest BCUT2D eigenvalue weighted by molar-refractivity contribution is 7.14. The lowest BCUT2D eigenvalue weighted by molar-refractivity contribution is -0.115. The molecule has 0 fully saturated rings. The summed E-state index contributed by atoms with van der Waals surface area (Å²) >= 11 is 1.33. The van der Waals surface area contributed by atoms with E-state index >= 15 is 0 Å². The van der Waals surface area contributed by atoms with Crippen LogP contribution in [0.1, 0.15) is 35.5 Å². The Kier molecular flexibility index (Phi) is 6.42. The number of thiazole rings is 1. The summed E-state index contributed by atoms with van der Waals surface area (Å²) in [5.74, 6) is -0.574. The lowest BCUT2D eigenvalue weighted by Gasteiger charge is -2.18. The third-order valence-corrected chi connectivity index (χ3v) is 5.75. The summed E-state index contributed by atoms with van der Waals surface area (Å²) in [4.78, 5) is 30.7. The van der Waals surface area contributed by atoms with E-state index in [0.29, 0.717) is 16.4 Å². The van der Waals surface area contributed by atoms with Gasteiger partial charge in [-0.25, -0.2) is 14.5 Å². The van der Waals surface area contributed by atoms with Gasteiger partial charge in [-0.2, -0.15) is 5.10 Å². The molecule has 32 heavy (non-hydrogen) atoms. The molecular weight excluding hydrogens is 424 g/mol. The van der Waals surface area contributed by atoms with E-state index < -0.39 is 5.97 Å². The predicted molar refractivity (Wildman–Crippen MR) is 123 cm³/mol. The van der Waals surface area contributed by atoms with Crippen LogP contribution in [0.3, 0.4) is 0 Å². The van der Waals surface area contributed by atoms with Gasteiger partial charge in [0.15, 0.2) is 5.13 Å². The molecule has 2 aromatic carbocycles. The first-order chi connectivity index (χ1) is 15.5. The number of anilines is 2. The SMILES string of the molecule is CCc1ccc(N(C(C)=O)c2nc(COC(=O)c3ccc(-n4cccn4)cc3)cs2)cc1. The fraction of sp³-hybridized carbons (Fsp3) is 0.167. The quantitative estimate of drug-likeness (QED) is 0.376. The molecule has 0 saturated carbocycles. The molecule has 0 aliphatic carbocycles. The van der Waals surface area contributed by atoms with E-state index in [1.165, 1.54) is 23.8 Å². The zero-order valence-electron chi connectivity index (χ0n) is 17.8. The van der Waals surface area contributed by atoms with Crippen molar-refractivity contribution < 1.29 is 14.3 Å². The molecule has 2 aromatic heterocycles. The average molecular weight is 447 g/mol. The second-order valence-corrected chi connectivity index (χ2v) is 7.91. The van der Waals surface area contributed by atoms with Crippen molar-refractivity contribution >= 4 is 34.0 Å². The van der Waals surface area contributed by atoms with Crippen LogP contribution in [0.15, 0.2) is 72.4 Å². The number of hydrogen-bond acceptors (Lipinski definition) is 6. The number of esters is 1. The van der Waals surface area contributed by atoms with Crippen LogP contribution in [0.25, 0.3) is 5.69 Å². The molecule has 1 amide bonds. The van der Waals surface area contributed by atoms with Gasteiger partial charge in [-0.3, -0.25) is 9.69 Å². The maximum Gasteiger partial charge on any atom is 0.338 e. The second kappa shape index (κ2) is 9.57. The van der Waals surface area contributed by atoms with Crippen LogP contribution < -0.4 is 4.90 Å². The Labute approximate surface area is 189 Å². The van der Waals surface area contributed by atoms with Gasteiger partial charge < -0.3 is 4.74 Å². The van der Waals surface area contributed by atoms with Gasteiger partial charge in [-0.15, -0.1) is 11.3 Å². The number of hydrogen-bond donors (Lipinski definition) is 0. The summed E-state index contributed by atoms with van der Waals surface area (Å²) < 4.78 is 7.12. The van der Waals surface area contributed by atoms with Crippen molar-refractivity contribution in [1.82, 2.24) is 14.8 Å². The van der Waals surface area contributed by atoms with Gasteiger partial charge in [0.05, 0.1) is 22.6 Å². The number of carbonyl (C=O) groups excluding carboxylic acids is 2. The van der Waals surface area contributed by atoms with Crippen LogP contribution in [-0.4, -0.2) is 26.6 Å². The van der Waals surface area contributed by atoms with Crippen molar-refractivity contribution in [2.75, 3.05) is 4.90 Å². The first-order valence-electron chi connectivity index (χ1n) is 10.2. The molecule has 0 atom stereocenters. The molecule has 0 bridgehead atoms. The van der Waals surface area contributed by atoms with Crippen LogP contribution in [0.4, 0.5) is 10.8 Å². The van der Waals surface area contributed by atoms with Gasteiger partial charge in [0, 0.05) is 24.7 Å². The van der Waals surface area contributed by atoms with Crippen molar-refractivity contribution in [3.05, 3.63) is 89.2 Å². The van der Waals surface area contributed by atoms with Crippen molar-refractivity contribution in [2.45, 2.75) is 26.9 Å². The first-order valence-corrected chi connectivity index (χ1v) is 11.0. The molecular formula is C24H22N4O3S. The molecule has 0 radical (unpaired) electrons. The van der Waals surface area contributed by atoms with E-state index in [1.807, 2.05) is 36.5 Å². The van der Waals surface area contributed by atoms with Crippen molar-refractivity contribution in [3.8, 4) is 5.69 Å². The summed E-state index contributed by atoms with van der Waals surface area (Å²) in [6.07, 6.45) is 4.45. The third-order valence-electron chi connectivity index (χ3n) is 4.87. The Morgan fingerprint density at radius 3 is 2.47 bits per heavy atom. The summed E-state index contributed by atoms with van der Waals surface area (Å²) in [5, 5.41) is 6.49. The molecule has 0 saturated heterocycles. The molecule has 0 N–H and O–H groups in total. The van der Waals surface area contributed by atoms with E-state index in [9.17, 15) is 9.59 Å². The van der Waals surface area contributed by atoms with Crippen molar-refractivity contribution in [3.63, 3.8) is 0 Å². The molecule has 7 nitrogen and oxygen atoms in total. The maximum atomic E-state index is 12.4. The monoisotopic (exact) mass is 446 g/mol. The summed E-state index contributed by atoms with van der Waals surface area (Å²) in [6, 6.07) is 16.7. The van der Waals surface area contributed by atoms with Gasteiger partial charge >= 0.3 is 5.97 Å². The summed E-state index contributed by atoms with van der Waals surface area (Å²) in [6.45, 7) is 3.61. The van der Waals surface area contributed by atoms with Crippen molar-refractivity contribution in [1.29, 1.82) is 0 Å². The largest absolute Gasteiger partial charge is 0.456 e. The number of aromatic nitrogens is 3. The third kappa shape index (κ3) is 4.76. The van der Waals surface area contributed by atoms with Crippen LogP contribution in [-0.2, 0) is 22.6 Å². The lowest BCUT2D eigenvalue weighted by atomic mass is 10.1. The van der Waals surface area contributed by atoms with Crippen LogP contribution >= 0.6 is 11.3 Å². The van der Waals surface area contributed by atoms with E-state index in [0.717, 1.165) is 17.8 Å². The minimum atomic E-state index is -0.440. The van der Waals surface area contributed by atoms with E-state index in [-0.39, 0.29) is 12.5 Å². The average Bonchev–Trinajstić information content (AvgIpc) is 3.51. The first kappa shape index (κ1) is 21.5. The minimum Gasteiger partial charge on any atom is -0.456 e. The molecule has 2 heterocycles. The van der Waals surface area contributed by atoms with E-state index in [4.69, 9.17) is 4.74 Å². The minimum absolute atomic E-state index is 0.0246. The fourth-order valence-corrected chi connectivity index (χ4v) is 4.04. The molecule has 0 aliphatic rings. The molecule has 4 rings (SSSR count). The number of ether oxygens (including phenoxy) is 1. The number of carbonyl (C=O) groups is 2. The van der Waals surface area contributed by atoms with Crippen LogP contribution in [0, 0.1) is 0 Å². The predicted octanol–water partition coefficient (Wildman–Crippen LogP) is 4.93. The Hall–Kier alpha value is -3.78. The molecule has 162 valence electrons. The van der Waals surface area contributed by atoms with Gasteiger partial charge in [0.25, 0.3) is 0 Å². The Bertz CT molecular complexity index is 1200. The number of aryl methyl sites for hydroxylation is 1. The number of rotatable bonds is 7. The maximum absolute atomic E-state index is 12.4. The number of benzene rings is 2. The Morgan fingerprint density at radius 1 is 1.09 bits per heavy atom. The molecule has 0 aliphatic heterocycles. The van der Waals surface area contributed by atoms with E-state index in [1.54, 1.807) is 45.4 Å². The van der Waals surface area contributed by atoms with Gasteiger partial charge in [-0.05, 0) is 54.4 Å². The molecule has 8 heteroatoms. The second-order valence-electron chi connectivity index (χ2n) is 7.07. The van der Waals surface area contributed by atoms with Gasteiger partial charge in [0.1, 0.15) is 6.61 Å². The Balaban J connectivity index is 1.41. The zero-order valence-corrected chi connectivity index (χ0v) is 18.6. The van der Waals surface area contributed by atoms with Crippen molar-refractivity contribution in [2.24, 2.45) is 0 Å². The summed E-state index contributed by atoms with van der Waals surface area (Å²) in [7, 11) is 0. The zero-order chi connectivity index (χ0) is 22.5. The smallest absolute Gasteiger partial charge is 0.338 e. The van der Waals surface area contributed by atoms with Crippen LogP contribution in [0.5, 0.6) is 0 Å². The highest BCUT2D eigenvalue weighted by atomic mass is 32.1. The van der Waals surface area contributed by atoms with Gasteiger partial charge in [-0.1, -0.05) is 19.1 Å². The molecule has 0 unspecified atom stereocenters. The molecule has 0 spiro atoms. The lowest BCUT2D eigenvalue weighted by Crippen LogP contribution is -2.22. The highest BCUT2D eigenvalue weighted by Crippen LogP contribution is 2.29. The van der Waals surface area contributed by atoms with Gasteiger partial charge in [0.2, 0.25) is 5.91 Å². The fourth-order valence-electron chi connectivity index (χ4n) is 3.17. The van der Waals surface area contributed by atoms with Crippen LogP contribution in [0.2, 0.25) is 0 Å². The Morgan fingerprint density at radius 2 is 1.84 bits per heavy atom. The number of nitrogens with zero attached hydrogens (tertiary/aromatic N) is 4. The standard InChI is InChI=1S/C24H22N4O3S/c1-3-18-5-9-22(10-6-18)28(17(2)29)24-26-20(16-32-24)15-31-23(30)19-7-11-21(12-8-19)27-14-4-13-25-27/h4-14,16H,3,15H2,1-2H3. The van der Waals surface area contributed by atoms with E-state index in [2.05, 4.69) is 17.0 Å². The normalized spacial score (nSPS) is 10.7.